The van der Waals surface area contributed by atoms with Gasteiger partial charge in [-0.2, -0.15) is 0 Å². The first-order valence-electron chi connectivity index (χ1n) is 4.84. The van der Waals surface area contributed by atoms with E-state index >= 15 is 0 Å². The van der Waals surface area contributed by atoms with Crippen molar-refractivity contribution in [2.75, 3.05) is 13.2 Å². The van der Waals surface area contributed by atoms with E-state index in [4.69, 9.17) is 9.68 Å². The van der Waals surface area contributed by atoms with Crippen molar-refractivity contribution in [2.24, 2.45) is 4.99 Å². The first-order valence-corrected chi connectivity index (χ1v) is 4.84. The van der Waals surface area contributed by atoms with Crippen LogP contribution in [0.2, 0.25) is 0 Å². The largest absolute Gasteiger partial charge is 0.392 e. The molecule has 0 atom stereocenters. The molecule has 0 unspecified atom stereocenters. The topological polar surface area (TPSA) is 51.1 Å². The second-order valence-electron chi connectivity index (χ2n) is 2.59. The van der Waals surface area contributed by atoms with Gasteiger partial charge in [0.15, 0.2) is 0 Å². The van der Waals surface area contributed by atoms with Crippen LogP contribution in [0.25, 0.3) is 0 Å². The zero-order valence-electron chi connectivity index (χ0n) is 9.02. The fraction of sp³-hybridized carbons (Fsp3) is 0.778. The number of nitrogens with zero attached hydrogens (tertiary/aromatic N) is 2. The number of hydrogen-bond acceptors (Lipinski definition) is 3. The number of hydrogen-bond donors (Lipinski definition) is 0. The van der Waals surface area contributed by atoms with Crippen LogP contribution < -0.4 is 0 Å². The van der Waals surface area contributed by atoms with Gasteiger partial charge in [0.05, 0.1) is 13.2 Å². The molecule has 0 heterocycles. The Morgan fingerprint density at radius 1 is 1.29 bits per heavy atom. The van der Waals surface area contributed by atoms with Gasteiger partial charge in [0.25, 0.3) is 0 Å². The van der Waals surface area contributed by atoms with Crippen LogP contribution in [-0.2, 0) is 9.68 Å². The van der Waals surface area contributed by atoms with Crippen LogP contribution in [0.1, 0.15) is 33.6 Å². The molecule has 5 nitrogen and oxygen atoms in total. The van der Waals surface area contributed by atoms with Crippen LogP contribution in [0, 0.1) is 0 Å². The molecule has 0 aromatic rings. The van der Waals surface area contributed by atoms with E-state index < -0.39 is 6.03 Å². The summed E-state index contributed by atoms with van der Waals surface area (Å²) in [6.45, 7) is 6.44. The number of carbonyl (C=O) groups excluding carboxylic acids is 1. The van der Waals surface area contributed by atoms with Crippen molar-refractivity contribution in [3.05, 3.63) is 0 Å². The third-order valence-corrected chi connectivity index (χ3v) is 1.22. The number of carbonyl (C=O) groups is 1. The van der Waals surface area contributed by atoms with Crippen LogP contribution in [0.5, 0.6) is 0 Å². The second-order valence-corrected chi connectivity index (χ2v) is 2.59. The van der Waals surface area contributed by atoms with Gasteiger partial charge in [0.2, 0.25) is 0 Å². The van der Waals surface area contributed by atoms with E-state index in [0.717, 1.165) is 18.1 Å². The van der Waals surface area contributed by atoms with Crippen molar-refractivity contribution in [3.63, 3.8) is 0 Å². The lowest BCUT2D eigenvalue weighted by atomic mass is 10.5. The van der Waals surface area contributed by atoms with Crippen LogP contribution >= 0.6 is 0 Å². The van der Waals surface area contributed by atoms with Gasteiger partial charge in [-0.3, -0.25) is 0 Å². The quantitative estimate of drug-likeness (QED) is 0.490. The molecule has 0 fully saturated rings. The molecule has 0 radical (unpaired) electrons. The molecule has 0 spiro atoms. The maximum Gasteiger partial charge on any atom is 0.392 e. The van der Waals surface area contributed by atoms with Crippen LogP contribution in [-0.4, -0.2) is 30.7 Å². The van der Waals surface area contributed by atoms with E-state index in [-0.39, 0.29) is 0 Å². The molecule has 0 N–H and O–H groups in total. The summed E-state index contributed by atoms with van der Waals surface area (Å²) >= 11 is 0. The van der Waals surface area contributed by atoms with E-state index in [1.807, 2.05) is 13.8 Å². The molecule has 2 amide bonds. The molecule has 14 heavy (non-hydrogen) atoms. The van der Waals surface area contributed by atoms with Crippen LogP contribution in [0.4, 0.5) is 4.79 Å². The molecule has 5 heteroatoms. The van der Waals surface area contributed by atoms with Gasteiger partial charge in [-0.1, -0.05) is 19.1 Å². The second kappa shape index (κ2) is 8.65. The maximum atomic E-state index is 11.2. The lowest BCUT2D eigenvalue weighted by molar-refractivity contribution is -0.325. The summed E-state index contributed by atoms with van der Waals surface area (Å²) in [5.41, 5.74) is 0. The molecule has 0 aromatic heterocycles. The van der Waals surface area contributed by atoms with Crippen molar-refractivity contribution in [1.29, 1.82) is 0 Å². The van der Waals surface area contributed by atoms with Crippen molar-refractivity contribution >= 4 is 12.2 Å². The Balaban J connectivity index is 4.01. The SMILES string of the molecule is CC=NC(=O)N(OCCC)OCCC. The van der Waals surface area contributed by atoms with Gasteiger partial charge in [-0.25, -0.2) is 19.5 Å². The smallest absolute Gasteiger partial charge is 0.244 e. The monoisotopic (exact) mass is 202 g/mol. The van der Waals surface area contributed by atoms with Gasteiger partial charge >= 0.3 is 6.03 Å². The summed E-state index contributed by atoms with van der Waals surface area (Å²) in [5.74, 6) is 0. The summed E-state index contributed by atoms with van der Waals surface area (Å²) < 4.78 is 0. The Bertz CT molecular complexity index is 175. The molecule has 0 aliphatic heterocycles. The average molecular weight is 202 g/mol. The van der Waals surface area contributed by atoms with Gasteiger partial charge < -0.3 is 0 Å². The van der Waals surface area contributed by atoms with Crippen molar-refractivity contribution < 1.29 is 14.5 Å². The Labute approximate surface area is 84.6 Å². The van der Waals surface area contributed by atoms with E-state index in [1.165, 1.54) is 6.21 Å². The van der Waals surface area contributed by atoms with Gasteiger partial charge in [-0.05, 0) is 19.8 Å². The first kappa shape index (κ1) is 13.1. The fourth-order valence-electron chi connectivity index (χ4n) is 0.654. The fourth-order valence-corrected chi connectivity index (χ4v) is 0.654. The zero-order valence-corrected chi connectivity index (χ0v) is 9.02. The Hall–Kier alpha value is -0.940. The Kier molecular flexibility index (Phi) is 8.07. The number of urea groups is 1. The number of hydroxylamine groups is 2. The minimum atomic E-state index is -0.533. The third-order valence-electron chi connectivity index (χ3n) is 1.22. The minimum absolute atomic E-state index is 0.439. The highest BCUT2D eigenvalue weighted by atomic mass is 17.0. The average Bonchev–Trinajstić information content (AvgIpc) is 2.18. The summed E-state index contributed by atoms with van der Waals surface area (Å²) in [7, 11) is 0. The maximum absolute atomic E-state index is 11.2. The molecular formula is C9H18N2O3. The minimum Gasteiger partial charge on any atom is -0.244 e. The highest BCUT2D eigenvalue weighted by Crippen LogP contribution is 1.99. The molecule has 0 aromatic carbocycles. The first-order chi connectivity index (χ1) is 6.76. The van der Waals surface area contributed by atoms with E-state index in [2.05, 4.69) is 4.99 Å². The molecule has 0 rings (SSSR count). The molecule has 0 saturated carbocycles. The predicted molar refractivity (Wildman–Crippen MR) is 53.9 cm³/mol. The van der Waals surface area contributed by atoms with Crippen molar-refractivity contribution in [3.8, 4) is 0 Å². The highest BCUT2D eigenvalue weighted by Gasteiger charge is 2.12. The predicted octanol–water partition coefficient (Wildman–Crippen LogP) is 2.18. The molecule has 0 bridgehead atoms. The van der Waals surface area contributed by atoms with Crippen molar-refractivity contribution in [1.82, 2.24) is 5.23 Å². The summed E-state index contributed by atoms with van der Waals surface area (Å²) in [4.78, 5) is 24.9. The third kappa shape index (κ3) is 5.66. The lowest BCUT2D eigenvalue weighted by Crippen LogP contribution is -2.29. The van der Waals surface area contributed by atoms with Crippen LogP contribution in [0.15, 0.2) is 4.99 Å². The summed E-state index contributed by atoms with van der Waals surface area (Å²) in [5, 5.41) is 0.840. The number of aliphatic imine (C=N–C) groups is 1. The normalized spacial score (nSPS) is 10.8. The zero-order chi connectivity index (χ0) is 10.8. The number of rotatable bonds is 6. The highest BCUT2D eigenvalue weighted by molar-refractivity contribution is 5.81. The Morgan fingerprint density at radius 3 is 2.14 bits per heavy atom. The molecular weight excluding hydrogens is 184 g/mol. The standard InChI is InChI=1S/C9H18N2O3/c1-4-7-13-11(14-8-5-2)9(12)10-6-3/h6H,4-5,7-8H2,1-3H3. The van der Waals surface area contributed by atoms with E-state index in [9.17, 15) is 4.79 Å². The Morgan fingerprint density at radius 2 is 1.79 bits per heavy atom. The lowest BCUT2D eigenvalue weighted by Gasteiger charge is -2.17. The molecule has 0 saturated heterocycles. The van der Waals surface area contributed by atoms with Crippen molar-refractivity contribution in [2.45, 2.75) is 33.6 Å². The molecule has 82 valence electrons. The van der Waals surface area contributed by atoms with E-state index in [1.54, 1.807) is 6.92 Å². The number of amides is 2. The molecule has 0 aliphatic carbocycles. The molecule has 0 aliphatic rings. The van der Waals surface area contributed by atoms with Gasteiger partial charge in [-0.15, -0.1) is 0 Å². The summed E-state index contributed by atoms with van der Waals surface area (Å²) in [6, 6.07) is -0.533. The summed E-state index contributed by atoms with van der Waals surface area (Å²) in [6.07, 6.45) is 3.03. The van der Waals surface area contributed by atoms with E-state index in [0.29, 0.717) is 13.2 Å². The van der Waals surface area contributed by atoms with Crippen LogP contribution in [0.3, 0.4) is 0 Å². The van der Waals surface area contributed by atoms with Gasteiger partial charge in [0.1, 0.15) is 0 Å². The van der Waals surface area contributed by atoms with Gasteiger partial charge in [0, 0.05) is 6.21 Å².